The molecule has 0 atom stereocenters. The van der Waals surface area contributed by atoms with E-state index in [1.54, 1.807) is 0 Å². The fourth-order valence-corrected chi connectivity index (χ4v) is 4.34. The van der Waals surface area contributed by atoms with E-state index in [1.807, 2.05) is 18.2 Å². The standard InChI is InChI=1S/C21H28N4O/c1-2-8-17-24-18-19(15-9-4-5-10-16(15)23-20(18)22)25(17)14-13-21(26)11-6-3-7-12-21/h4-5,9-10,26H,2-3,6-8,11-14H2,1H3,(H2,22,23). The molecule has 2 aromatic heterocycles. The van der Waals surface area contributed by atoms with Crippen molar-refractivity contribution in [2.45, 2.75) is 70.4 Å². The first-order valence-corrected chi connectivity index (χ1v) is 9.87. The van der Waals surface area contributed by atoms with Crippen molar-refractivity contribution in [3.8, 4) is 0 Å². The number of rotatable bonds is 5. The number of aryl methyl sites for hydroxylation is 2. The number of nitrogen functional groups attached to an aromatic ring is 1. The maximum atomic E-state index is 11.0. The quantitative estimate of drug-likeness (QED) is 0.721. The lowest BCUT2D eigenvalue weighted by atomic mass is 9.82. The molecule has 1 fully saturated rings. The average Bonchev–Trinajstić information content (AvgIpc) is 3.00. The smallest absolute Gasteiger partial charge is 0.152 e. The van der Waals surface area contributed by atoms with E-state index >= 15 is 0 Å². The highest BCUT2D eigenvalue weighted by Crippen LogP contribution is 2.34. The minimum atomic E-state index is -0.535. The van der Waals surface area contributed by atoms with Gasteiger partial charge in [0.2, 0.25) is 0 Å². The molecule has 0 aliphatic heterocycles. The van der Waals surface area contributed by atoms with Crippen molar-refractivity contribution in [2.75, 3.05) is 5.73 Å². The highest BCUT2D eigenvalue weighted by atomic mass is 16.3. The van der Waals surface area contributed by atoms with E-state index in [2.05, 4.69) is 22.5 Å². The fraction of sp³-hybridized carbons (Fsp3) is 0.524. The number of hydrogen-bond acceptors (Lipinski definition) is 4. The number of aromatic nitrogens is 3. The Balaban J connectivity index is 1.81. The topological polar surface area (TPSA) is 77.0 Å². The Hall–Kier alpha value is -2.14. The molecule has 0 unspecified atom stereocenters. The number of pyridine rings is 1. The first-order valence-electron chi connectivity index (χ1n) is 9.87. The minimum absolute atomic E-state index is 0.492. The molecule has 3 N–H and O–H groups in total. The van der Waals surface area contributed by atoms with Gasteiger partial charge in [-0.25, -0.2) is 9.97 Å². The highest BCUT2D eigenvalue weighted by molar-refractivity contribution is 6.06. The third-order valence-electron chi connectivity index (χ3n) is 5.75. The number of anilines is 1. The van der Waals surface area contributed by atoms with E-state index < -0.39 is 5.60 Å². The third kappa shape index (κ3) is 3.05. The lowest BCUT2D eigenvalue weighted by Gasteiger charge is -2.32. The summed E-state index contributed by atoms with van der Waals surface area (Å²) in [7, 11) is 0. The molecule has 138 valence electrons. The lowest BCUT2D eigenvalue weighted by molar-refractivity contribution is -0.00716. The normalized spacial score (nSPS) is 17.2. The van der Waals surface area contributed by atoms with Crippen LogP contribution >= 0.6 is 0 Å². The number of aliphatic hydroxyl groups is 1. The summed E-state index contributed by atoms with van der Waals surface area (Å²) in [5, 5.41) is 12.0. The van der Waals surface area contributed by atoms with Crippen LogP contribution in [0, 0.1) is 0 Å². The van der Waals surface area contributed by atoms with Crippen molar-refractivity contribution in [1.82, 2.24) is 14.5 Å². The van der Waals surface area contributed by atoms with Gasteiger partial charge in [-0.1, -0.05) is 44.4 Å². The summed E-state index contributed by atoms with van der Waals surface area (Å²) in [6.45, 7) is 2.94. The van der Waals surface area contributed by atoms with Crippen LogP contribution in [0.15, 0.2) is 24.3 Å². The average molecular weight is 352 g/mol. The van der Waals surface area contributed by atoms with Gasteiger partial charge in [0.05, 0.1) is 16.6 Å². The van der Waals surface area contributed by atoms with Crippen LogP contribution in [0.1, 0.15) is 57.7 Å². The van der Waals surface area contributed by atoms with Crippen molar-refractivity contribution < 1.29 is 5.11 Å². The van der Waals surface area contributed by atoms with Crippen molar-refractivity contribution in [2.24, 2.45) is 0 Å². The fourth-order valence-electron chi connectivity index (χ4n) is 4.34. The first kappa shape index (κ1) is 17.3. The zero-order valence-corrected chi connectivity index (χ0v) is 15.5. The van der Waals surface area contributed by atoms with E-state index in [1.165, 1.54) is 6.42 Å². The summed E-state index contributed by atoms with van der Waals surface area (Å²) < 4.78 is 2.28. The van der Waals surface area contributed by atoms with Crippen molar-refractivity contribution in [3.63, 3.8) is 0 Å². The second-order valence-corrected chi connectivity index (χ2v) is 7.68. The molecule has 5 nitrogen and oxygen atoms in total. The summed E-state index contributed by atoms with van der Waals surface area (Å²) in [6.07, 6.45) is 8.02. The van der Waals surface area contributed by atoms with Crippen LogP contribution in [-0.4, -0.2) is 25.2 Å². The van der Waals surface area contributed by atoms with Crippen molar-refractivity contribution >= 4 is 27.8 Å². The molecule has 3 aromatic rings. The number of fused-ring (bicyclic) bond motifs is 3. The van der Waals surface area contributed by atoms with Gasteiger partial charge < -0.3 is 15.4 Å². The summed E-state index contributed by atoms with van der Waals surface area (Å²) in [6, 6.07) is 8.11. The summed E-state index contributed by atoms with van der Waals surface area (Å²) in [5.74, 6) is 1.54. The van der Waals surface area contributed by atoms with Crippen molar-refractivity contribution in [1.29, 1.82) is 0 Å². The molecule has 4 rings (SSSR count). The van der Waals surface area contributed by atoms with Crippen LogP contribution in [0.5, 0.6) is 0 Å². The van der Waals surface area contributed by atoms with Crippen LogP contribution in [0.25, 0.3) is 21.9 Å². The largest absolute Gasteiger partial charge is 0.390 e. The van der Waals surface area contributed by atoms with E-state index in [4.69, 9.17) is 10.7 Å². The molecule has 1 aliphatic carbocycles. The van der Waals surface area contributed by atoms with Gasteiger partial charge in [-0.05, 0) is 31.7 Å². The van der Waals surface area contributed by atoms with Gasteiger partial charge >= 0.3 is 0 Å². The summed E-state index contributed by atoms with van der Waals surface area (Å²) in [5.41, 5.74) is 8.46. The van der Waals surface area contributed by atoms with Crippen LogP contribution in [0.3, 0.4) is 0 Å². The van der Waals surface area contributed by atoms with Gasteiger partial charge in [-0.15, -0.1) is 0 Å². The van der Waals surface area contributed by atoms with Gasteiger partial charge in [0.25, 0.3) is 0 Å². The molecule has 2 heterocycles. The van der Waals surface area contributed by atoms with E-state index in [9.17, 15) is 5.11 Å². The zero-order valence-electron chi connectivity index (χ0n) is 15.5. The predicted molar refractivity (Wildman–Crippen MR) is 106 cm³/mol. The maximum Gasteiger partial charge on any atom is 0.152 e. The Morgan fingerprint density at radius 3 is 2.69 bits per heavy atom. The molecule has 0 spiro atoms. The second kappa shape index (κ2) is 6.88. The number of nitrogens with two attached hydrogens (primary N) is 1. The number of para-hydroxylation sites is 1. The first-order chi connectivity index (χ1) is 12.6. The summed E-state index contributed by atoms with van der Waals surface area (Å²) >= 11 is 0. The van der Waals surface area contributed by atoms with Crippen LogP contribution in [-0.2, 0) is 13.0 Å². The van der Waals surface area contributed by atoms with Gasteiger partial charge in [-0.2, -0.15) is 0 Å². The molecule has 5 heteroatoms. The molecule has 26 heavy (non-hydrogen) atoms. The Kier molecular flexibility index (Phi) is 4.57. The van der Waals surface area contributed by atoms with Gasteiger partial charge in [0.15, 0.2) is 5.82 Å². The highest BCUT2D eigenvalue weighted by Gasteiger charge is 2.29. The van der Waals surface area contributed by atoms with Gasteiger partial charge in [0.1, 0.15) is 11.3 Å². The number of benzene rings is 1. The second-order valence-electron chi connectivity index (χ2n) is 7.68. The molecule has 1 aromatic carbocycles. The number of imidazole rings is 1. The molecule has 1 aliphatic rings. The molecule has 0 radical (unpaired) electrons. The molecular formula is C21H28N4O. The SMILES string of the molecule is CCCc1nc2c(N)nc3ccccc3c2n1CCC1(O)CCCCC1. The zero-order chi connectivity index (χ0) is 18.1. The van der Waals surface area contributed by atoms with Gasteiger partial charge in [0, 0.05) is 18.4 Å². The lowest BCUT2D eigenvalue weighted by Crippen LogP contribution is -2.32. The van der Waals surface area contributed by atoms with E-state index in [0.717, 1.165) is 79.3 Å². The summed E-state index contributed by atoms with van der Waals surface area (Å²) in [4.78, 5) is 9.37. The number of nitrogens with zero attached hydrogens (tertiary/aromatic N) is 3. The van der Waals surface area contributed by atoms with Crippen LogP contribution in [0.4, 0.5) is 5.82 Å². The predicted octanol–water partition coefficient (Wildman–Crippen LogP) is 4.20. The maximum absolute atomic E-state index is 11.0. The Bertz CT molecular complexity index is 925. The van der Waals surface area contributed by atoms with Crippen LogP contribution < -0.4 is 5.73 Å². The molecule has 0 amide bonds. The minimum Gasteiger partial charge on any atom is -0.390 e. The van der Waals surface area contributed by atoms with E-state index in [0.29, 0.717) is 5.82 Å². The Morgan fingerprint density at radius 1 is 1.15 bits per heavy atom. The van der Waals surface area contributed by atoms with Gasteiger partial charge in [-0.3, -0.25) is 0 Å². The molecular weight excluding hydrogens is 324 g/mol. The molecule has 0 saturated heterocycles. The van der Waals surface area contributed by atoms with Crippen LogP contribution in [0.2, 0.25) is 0 Å². The van der Waals surface area contributed by atoms with E-state index in [-0.39, 0.29) is 0 Å². The third-order valence-corrected chi connectivity index (χ3v) is 5.75. The monoisotopic (exact) mass is 352 g/mol. The molecule has 0 bridgehead atoms. The Morgan fingerprint density at radius 2 is 1.92 bits per heavy atom. The molecule has 1 saturated carbocycles. The number of hydrogen-bond donors (Lipinski definition) is 2. The Labute approximate surface area is 154 Å². The van der Waals surface area contributed by atoms with Crippen molar-refractivity contribution in [3.05, 3.63) is 30.1 Å².